The number of ether oxygens (including phenoxy) is 4. The largest absolute Gasteiger partial charge is 0.472 e. The first-order valence-electron chi connectivity index (χ1n) is 42.1. The Morgan fingerprint density at radius 3 is 0.680 bits per heavy atom. The fraction of sp³-hybridized carbons (Fsp3) is 0.951. The van der Waals surface area contributed by atoms with Crippen LogP contribution < -0.4 is 0 Å². The summed E-state index contributed by atoms with van der Waals surface area (Å²) in [7, 11) is -9.92. The highest BCUT2D eigenvalue weighted by Crippen LogP contribution is 2.45. The summed E-state index contributed by atoms with van der Waals surface area (Å²) in [6, 6.07) is 0. The summed E-state index contributed by atoms with van der Waals surface area (Å²) in [6.07, 6.45) is 65.1. The number of carbonyl (C=O) groups is 4. The molecule has 0 heterocycles. The number of rotatable bonds is 81. The highest BCUT2D eigenvalue weighted by molar-refractivity contribution is 7.47. The number of phosphoric ester groups is 2. The number of phosphoric acid groups is 2. The average molecular weight is 1470 g/mol. The van der Waals surface area contributed by atoms with Crippen molar-refractivity contribution < 1.29 is 80.2 Å². The van der Waals surface area contributed by atoms with Crippen molar-refractivity contribution in [3.8, 4) is 0 Å². The molecular weight excluding hydrogens is 1310 g/mol. The smallest absolute Gasteiger partial charge is 0.462 e. The van der Waals surface area contributed by atoms with Gasteiger partial charge >= 0.3 is 39.5 Å². The van der Waals surface area contributed by atoms with Crippen molar-refractivity contribution in [1.82, 2.24) is 0 Å². The van der Waals surface area contributed by atoms with Crippen molar-refractivity contribution in [1.29, 1.82) is 0 Å². The molecule has 0 aromatic carbocycles. The summed E-state index contributed by atoms with van der Waals surface area (Å²) >= 11 is 0. The molecule has 0 spiro atoms. The summed E-state index contributed by atoms with van der Waals surface area (Å²) in [5.74, 6) is -1.31. The van der Waals surface area contributed by atoms with Gasteiger partial charge in [-0.3, -0.25) is 37.3 Å². The lowest BCUT2D eigenvalue weighted by Crippen LogP contribution is -2.30. The van der Waals surface area contributed by atoms with E-state index in [-0.39, 0.29) is 25.7 Å². The Hall–Kier alpha value is -1.94. The molecule has 594 valence electrons. The summed E-state index contributed by atoms with van der Waals surface area (Å²) in [5, 5.41) is 10.6. The van der Waals surface area contributed by atoms with Crippen LogP contribution in [0.5, 0.6) is 0 Å². The quantitative estimate of drug-likeness (QED) is 0.0222. The van der Waals surface area contributed by atoms with Gasteiger partial charge in [0.1, 0.15) is 19.3 Å². The van der Waals surface area contributed by atoms with Crippen LogP contribution in [0.2, 0.25) is 0 Å². The van der Waals surface area contributed by atoms with Crippen LogP contribution in [0.4, 0.5) is 0 Å². The fourth-order valence-electron chi connectivity index (χ4n) is 12.6. The molecule has 100 heavy (non-hydrogen) atoms. The summed E-state index contributed by atoms with van der Waals surface area (Å²) in [4.78, 5) is 73.0. The maximum absolute atomic E-state index is 13.1. The van der Waals surface area contributed by atoms with Gasteiger partial charge in [0.2, 0.25) is 0 Å². The number of hydrogen-bond acceptors (Lipinski definition) is 15. The first-order chi connectivity index (χ1) is 48.5. The maximum atomic E-state index is 13.1. The van der Waals surface area contributed by atoms with Gasteiger partial charge in [-0.1, -0.05) is 381 Å². The molecule has 0 aromatic rings. The van der Waals surface area contributed by atoms with Crippen LogP contribution in [-0.4, -0.2) is 96.7 Å². The average Bonchev–Trinajstić information content (AvgIpc) is 0.959. The molecule has 0 aliphatic heterocycles. The Labute approximate surface area is 613 Å². The van der Waals surface area contributed by atoms with Crippen molar-refractivity contribution in [2.45, 2.75) is 451 Å². The third-order valence-electron chi connectivity index (χ3n) is 19.0. The first-order valence-corrected chi connectivity index (χ1v) is 45.1. The van der Waals surface area contributed by atoms with Crippen molar-refractivity contribution in [3.63, 3.8) is 0 Å². The zero-order valence-corrected chi connectivity index (χ0v) is 67.1. The molecule has 0 saturated heterocycles. The van der Waals surface area contributed by atoms with E-state index in [0.717, 1.165) is 95.8 Å². The number of aliphatic hydroxyl groups excluding tert-OH is 1. The van der Waals surface area contributed by atoms with Crippen molar-refractivity contribution in [2.75, 3.05) is 39.6 Å². The molecule has 17 nitrogen and oxygen atoms in total. The van der Waals surface area contributed by atoms with E-state index in [1.165, 1.54) is 257 Å². The van der Waals surface area contributed by atoms with Crippen LogP contribution in [0.15, 0.2) is 0 Å². The fourth-order valence-corrected chi connectivity index (χ4v) is 14.2. The maximum Gasteiger partial charge on any atom is 0.472 e. The van der Waals surface area contributed by atoms with Crippen LogP contribution >= 0.6 is 15.6 Å². The predicted octanol–water partition coefficient (Wildman–Crippen LogP) is 24.4. The van der Waals surface area contributed by atoms with Gasteiger partial charge in [0.25, 0.3) is 0 Å². The van der Waals surface area contributed by atoms with E-state index in [0.29, 0.717) is 25.7 Å². The minimum absolute atomic E-state index is 0.108. The van der Waals surface area contributed by atoms with Crippen LogP contribution in [0.1, 0.15) is 433 Å². The Kier molecular flexibility index (Phi) is 72.5. The van der Waals surface area contributed by atoms with Gasteiger partial charge in [0.15, 0.2) is 12.2 Å². The zero-order valence-electron chi connectivity index (χ0n) is 65.3. The lowest BCUT2D eigenvalue weighted by Gasteiger charge is -2.21. The van der Waals surface area contributed by atoms with Gasteiger partial charge in [0.05, 0.1) is 26.4 Å². The lowest BCUT2D eigenvalue weighted by atomic mass is 10.0. The van der Waals surface area contributed by atoms with Crippen LogP contribution in [0.3, 0.4) is 0 Å². The zero-order chi connectivity index (χ0) is 73.4. The van der Waals surface area contributed by atoms with E-state index < -0.39 is 97.5 Å². The molecule has 0 radical (unpaired) electrons. The molecule has 0 bridgehead atoms. The normalized spacial score (nSPS) is 13.8. The van der Waals surface area contributed by atoms with Gasteiger partial charge in [-0.2, -0.15) is 0 Å². The molecule has 0 aliphatic rings. The van der Waals surface area contributed by atoms with E-state index in [2.05, 4.69) is 34.6 Å². The van der Waals surface area contributed by atoms with Crippen molar-refractivity contribution >= 4 is 39.5 Å². The van der Waals surface area contributed by atoms with E-state index in [9.17, 15) is 43.2 Å². The number of esters is 4. The molecule has 0 aromatic heterocycles. The molecule has 19 heteroatoms. The molecule has 5 atom stereocenters. The van der Waals surface area contributed by atoms with E-state index in [1.54, 1.807) is 0 Å². The Balaban J connectivity index is 5.23. The second-order valence-corrected chi connectivity index (χ2v) is 32.5. The van der Waals surface area contributed by atoms with Crippen LogP contribution in [0.25, 0.3) is 0 Å². The summed E-state index contributed by atoms with van der Waals surface area (Å²) in [5.41, 5.74) is 0. The van der Waals surface area contributed by atoms with Gasteiger partial charge in [-0.15, -0.1) is 0 Å². The van der Waals surface area contributed by atoms with E-state index >= 15 is 0 Å². The Bertz CT molecular complexity index is 1910. The van der Waals surface area contributed by atoms with Gasteiger partial charge in [0, 0.05) is 25.7 Å². The molecule has 0 amide bonds. The van der Waals surface area contributed by atoms with Gasteiger partial charge in [-0.25, -0.2) is 9.13 Å². The highest BCUT2D eigenvalue weighted by atomic mass is 31.2. The van der Waals surface area contributed by atoms with E-state index in [4.69, 9.17) is 37.0 Å². The topological polar surface area (TPSA) is 237 Å². The monoisotopic (exact) mass is 1470 g/mol. The first kappa shape index (κ1) is 98.1. The molecule has 3 N–H and O–H groups in total. The minimum atomic E-state index is -4.96. The van der Waals surface area contributed by atoms with Crippen LogP contribution in [0, 0.1) is 5.92 Å². The molecule has 0 fully saturated rings. The standard InChI is InChI=1S/C81H158O17P2/c1-6-9-12-15-18-21-24-27-28-29-30-31-32-33-36-42-47-52-57-62-67-81(86)98-77(71-92-79(84)65-60-55-50-45-41-37-34-35-38-43-48-53-58-63-74(4)5)73-96-100(89,90)94-69-75(82)68-93-99(87,88)95-72-76(97-80(85)66-61-56-51-46-40-26-23-20-17-14-11-8-3)70-91-78(83)64-59-54-49-44-39-25-22-19-16-13-10-7-2/h74-77,82H,6-73H2,1-5H3,(H,87,88)(H,89,90)/t75-,76+,77+/m0/s1. The van der Waals surface area contributed by atoms with Gasteiger partial charge in [-0.05, 0) is 31.6 Å². The third kappa shape index (κ3) is 74.3. The Morgan fingerprint density at radius 1 is 0.270 bits per heavy atom. The Morgan fingerprint density at radius 2 is 0.460 bits per heavy atom. The van der Waals surface area contributed by atoms with E-state index in [1.807, 2.05) is 0 Å². The summed E-state index contributed by atoms with van der Waals surface area (Å²) in [6.45, 7) is 7.35. The lowest BCUT2D eigenvalue weighted by molar-refractivity contribution is -0.161. The number of aliphatic hydroxyl groups is 1. The minimum Gasteiger partial charge on any atom is -0.462 e. The third-order valence-corrected chi connectivity index (χ3v) is 20.9. The van der Waals surface area contributed by atoms with Crippen molar-refractivity contribution in [3.05, 3.63) is 0 Å². The molecule has 0 rings (SSSR count). The molecule has 0 aliphatic carbocycles. The molecule has 2 unspecified atom stereocenters. The second-order valence-electron chi connectivity index (χ2n) is 29.6. The second kappa shape index (κ2) is 73.9. The number of carbonyl (C=O) groups excluding carboxylic acids is 4. The SMILES string of the molecule is CCCCCCCCCCCCCCCCCCCCCCC(=O)O[C@H](COC(=O)CCCCCCCCCCCCCCCC(C)C)COP(=O)(O)OC[C@@H](O)COP(=O)(O)OC[C@@H](COC(=O)CCCCCCCCCCCCCC)OC(=O)CCCCCCCCCCCCCC. The molecular formula is C81H158O17P2. The van der Waals surface area contributed by atoms with Crippen molar-refractivity contribution in [2.24, 2.45) is 5.92 Å². The van der Waals surface area contributed by atoms with Gasteiger partial charge < -0.3 is 33.8 Å². The molecule has 0 saturated carbocycles. The number of unbranched alkanes of at least 4 members (excludes halogenated alkanes) is 53. The van der Waals surface area contributed by atoms with Crippen LogP contribution in [-0.2, 0) is 65.4 Å². The predicted molar refractivity (Wildman–Crippen MR) is 409 cm³/mol. The summed E-state index contributed by atoms with van der Waals surface area (Å²) < 4.78 is 68.7. The highest BCUT2D eigenvalue weighted by Gasteiger charge is 2.30. The number of hydrogen-bond donors (Lipinski definition) is 3.